The van der Waals surface area contributed by atoms with E-state index in [0.29, 0.717) is 25.9 Å². The first kappa shape index (κ1) is 15.2. The second-order valence-electron chi connectivity index (χ2n) is 5.71. The fourth-order valence-corrected chi connectivity index (χ4v) is 2.86. The lowest BCUT2D eigenvalue weighted by Crippen LogP contribution is -2.44. The van der Waals surface area contributed by atoms with Crippen LogP contribution in [0.4, 0.5) is 0 Å². The van der Waals surface area contributed by atoms with Crippen molar-refractivity contribution < 1.29 is 19.1 Å². The number of ketones is 1. The molecule has 1 aliphatic heterocycles. The number of hydrogen-bond acceptors (Lipinski definition) is 4. The quantitative estimate of drug-likeness (QED) is 0.531. The van der Waals surface area contributed by atoms with Crippen LogP contribution < -0.4 is 0 Å². The molecule has 0 saturated carbocycles. The Morgan fingerprint density at radius 2 is 2.20 bits per heavy atom. The van der Waals surface area contributed by atoms with E-state index in [0.717, 1.165) is 12.8 Å². The molecule has 2 aliphatic rings. The van der Waals surface area contributed by atoms with Gasteiger partial charge in [0.2, 0.25) is 0 Å². The minimum absolute atomic E-state index is 0.0446. The molecule has 0 aromatic heterocycles. The highest BCUT2D eigenvalue weighted by atomic mass is 16.6. The monoisotopic (exact) mass is 280 g/mol. The summed E-state index contributed by atoms with van der Waals surface area (Å²) in [6.07, 6.45) is 9.95. The number of rotatable bonds is 7. The number of carbonyl (C=O) groups excluding carboxylic acids is 2. The van der Waals surface area contributed by atoms with Gasteiger partial charge in [-0.1, -0.05) is 32.6 Å². The van der Waals surface area contributed by atoms with E-state index >= 15 is 0 Å². The molecule has 1 heterocycles. The molecule has 1 saturated heterocycles. The third-order valence-corrected chi connectivity index (χ3v) is 4.08. The van der Waals surface area contributed by atoms with E-state index in [2.05, 4.69) is 6.92 Å². The van der Waals surface area contributed by atoms with Crippen LogP contribution in [0.3, 0.4) is 0 Å². The number of ether oxygens (including phenoxy) is 2. The summed E-state index contributed by atoms with van der Waals surface area (Å²) in [5, 5.41) is 0. The van der Waals surface area contributed by atoms with Crippen molar-refractivity contribution >= 4 is 11.8 Å². The van der Waals surface area contributed by atoms with Crippen LogP contribution in [0.2, 0.25) is 0 Å². The highest BCUT2D eigenvalue weighted by molar-refractivity contribution is 5.91. The van der Waals surface area contributed by atoms with Crippen molar-refractivity contribution in [3.8, 4) is 0 Å². The molecule has 4 nitrogen and oxygen atoms in total. The van der Waals surface area contributed by atoms with Crippen molar-refractivity contribution in [1.82, 2.24) is 0 Å². The van der Waals surface area contributed by atoms with Crippen LogP contribution in [0.1, 0.15) is 58.3 Å². The Kier molecular flexibility index (Phi) is 5.35. The maximum absolute atomic E-state index is 12.0. The van der Waals surface area contributed by atoms with Gasteiger partial charge in [-0.05, 0) is 18.6 Å². The first-order chi connectivity index (χ1) is 9.66. The molecule has 1 fully saturated rings. The molecule has 0 spiro atoms. The molecular formula is C16H24O4. The molecule has 0 aromatic rings. The molecule has 0 radical (unpaired) electrons. The van der Waals surface area contributed by atoms with Gasteiger partial charge in [-0.25, -0.2) is 0 Å². The zero-order valence-corrected chi connectivity index (χ0v) is 12.2. The molecule has 4 heteroatoms. The lowest BCUT2D eigenvalue weighted by Gasteiger charge is -2.32. The van der Waals surface area contributed by atoms with Crippen molar-refractivity contribution in [3.63, 3.8) is 0 Å². The SMILES string of the molecule is CCCCCCCC(=O)O[C@]12C=CC(=O)C[C@H]1OCC2. The Balaban J connectivity index is 1.80. The Morgan fingerprint density at radius 1 is 1.40 bits per heavy atom. The van der Waals surface area contributed by atoms with Gasteiger partial charge in [-0.15, -0.1) is 0 Å². The zero-order chi connectivity index (χ0) is 14.4. The standard InChI is InChI=1S/C16H24O4/c1-2-3-4-5-6-7-15(18)20-16-9-8-13(17)12-14(16)19-11-10-16/h8-9,14H,2-7,10-12H2,1H3/t14-,16+/m1/s1. The molecular weight excluding hydrogens is 256 g/mol. The zero-order valence-electron chi connectivity index (χ0n) is 12.2. The van der Waals surface area contributed by atoms with Gasteiger partial charge < -0.3 is 9.47 Å². The molecule has 112 valence electrons. The molecule has 2 atom stereocenters. The first-order valence-corrected chi connectivity index (χ1v) is 7.72. The van der Waals surface area contributed by atoms with Crippen molar-refractivity contribution in [2.24, 2.45) is 0 Å². The topological polar surface area (TPSA) is 52.6 Å². The molecule has 2 rings (SSSR count). The molecule has 0 N–H and O–H groups in total. The van der Waals surface area contributed by atoms with Gasteiger partial charge in [0.1, 0.15) is 6.10 Å². The van der Waals surface area contributed by atoms with Crippen LogP contribution in [-0.4, -0.2) is 30.1 Å². The fraction of sp³-hybridized carbons (Fsp3) is 0.750. The second-order valence-corrected chi connectivity index (χ2v) is 5.71. The number of carbonyl (C=O) groups is 2. The van der Waals surface area contributed by atoms with Gasteiger partial charge in [0.15, 0.2) is 11.4 Å². The lowest BCUT2D eigenvalue weighted by molar-refractivity contribution is -0.161. The van der Waals surface area contributed by atoms with E-state index in [1.54, 1.807) is 6.08 Å². The van der Waals surface area contributed by atoms with E-state index in [1.807, 2.05) is 0 Å². The summed E-state index contributed by atoms with van der Waals surface area (Å²) in [7, 11) is 0. The number of esters is 1. The van der Waals surface area contributed by atoms with Crippen LogP contribution in [0.25, 0.3) is 0 Å². The third-order valence-electron chi connectivity index (χ3n) is 4.08. The summed E-state index contributed by atoms with van der Waals surface area (Å²) in [6.45, 7) is 2.72. The highest BCUT2D eigenvalue weighted by Crippen LogP contribution is 2.36. The third kappa shape index (κ3) is 3.69. The Morgan fingerprint density at radius 3 is 3.00 bits per heavy atom. The minimum Gasteiger partial charge on any atom is -0.452 e. The number of allylic oxidation sites excluding steroid dienone is 1. The molecule has 1 aliphatic carbocycles. The van der Waals surface area contributed by atoms with Crippen LogP contribution in [0.15, 0.2) is 12.2 Å². The van der Waals surface area contributed by atoms with E-state index in [4.69, 9.17) is 9.47 Å². The maximum Gasteiger partial charge on any atom is 0.306 e. The summed E-state index contributed by atoms with van der Waals surface area (Å²) >= 11 is 0. The molecule has 20 heavy (non-hydrogen) atoms. The first-order valence-electron chi connectivity index (χ1n) is 7.72. The normalized spacial score (nSPS) is 28.4. The van der Waals surface area contributed by atoms with Crippen LogP contribution in [0, 0.1) is 0 Å². The second kappa shape index (κ2) is 7.02. The lowest BCUT2D eigenvalue weighted by atomic mass is 9.86. The van der Waals surface area contributed by atoms with Crippen molar-refractivity contribution in [2.45, 2.75) is 70.0 Å². The Hall–Kier alpha value is -1.16. The Labute approximate surface area is 120 Å². The number of unbranched alkanes of at least 4 members (excludes halogenated alkanes) is 4. The summed E-state index contributed by atoms with van der Waals surface area (Å²) in [4.78, 5) is 23.4. The van der Waals surface area contributed by atoms with Gasteiger partial charge in [-0.2, -0.15) is 0 Å². The highest BCUT2D eigenvalue weighted by Gasteiger charge is 2.48. The summed E-state index contributed by atoms with van der Waals surface area (Å²) < 4.78 is 11.2. The average molecular weight is 280 g/mol. The number of fused-ring (bicyclic) bond motifs is 1. The molecule has 0 bridgehead atoms. The van der Waals surface area contributed by atoms with E-state index in [-0.39, 0.29) is 17.9 Å². The number of hydrogen-bond donors (Lipinski definition) is 0. The van der Waals surface area contributed by atoms with E-state index in [1.165, 1.54) is 25.3 Å². The van der Waals surface area contributed by atoms with Gasteiger partial charge in [0.05, 0.1) is 6.61 Å². The average Bonchev–Trinajstić information content (AvgIpc) is 2.81. The van der Waals surface area contributed by atoms with Crippen molar-refractivity contribution in [2.75, 3.05) is 6.61 Å². The largest absolute Gasteiger partial charge is 0.452 e. The van der Waals surface area contributed by atoms with Crippen LogP contribution in [-0.2, 0) is 19.1 Å². The minimum atomic E-state index is -0.686. The summed E-state index contributed by atoms with van der Waals surface area (Å²) in [5.74, 6) is -0.126. The summed E-state index contributed by atoms with van der Waals surface area (Å²) in [6, 6.07) is 0. The van der Waals surface area contributed by atoms with E-state index < -0.39 is 5.60 Å². The Bertz CT molecular complexity index is 388. The fourth-order valence-electron chi connectivity index (χ4n) is 2.86. The van der Waals surface area contributed by atoms with Gasteiger partial charge in [0.25, 0.3) is 0 Å². The van der Waals surface area contributed by atoms with Crippen LogP contribution >= 0.6 is 0 Å². The predicted molar refractivity (Wildman–Crippen MR) is 75.3 cm³/mol. The predicted octanol–water partition coefficient (Wildman–Crippen LogP) is 2.95. The van der Waals surface area contributed by atoms with Gasteiger partial charge in [0, 0.05) is 19.3 Å². The van der Waals surface area contributed by atoms with Crippen molar-refractivity contribution in [1.29, 1.82) is 0 Å². The van der Waals surface area contributed by atoms with Gasteiger partial charge >= 0.3 is 5.97 Å². The molecule has 0 aromatic carbocycles. The smallest absolute Gasteiger partial charge is 0.306 e. The molecule has 0 unspecified atom stereocenters. The van der Waals surface area contributed by atoms with E-state index in [9.17, 15) is 9.59 Å². The van der Waals surface area contributed by atoms with Crippen molar-refractivity contribution in [3.05, 3.63) is 12.2 Å². The maximum atomic E-state index is 12.0. The van der Waals surface area contributed by atoms with Crippen LogP contribution in [0.5, 0.6) is 0 Å². The molecule has 0 amide bonds. The van der Waals surface area contributed by atoms with Gasteiger partial charge in [-0.3, -0.25) is 9.59 Å². The summed E-state index contributed by atoms with van der Waals surface area (Å²) in [5.41, 5.74) is -0.686.